The van der Waals surface area contributed by atoms with Crippen LogP contribution in [0.25, 0.3) is 0 Å². The van der Waals surface area contributed by atoms with Gasteiger partial charge < -0.3 is 0 Å². The van der Waals surface area contributed by atoms with Crippen LogP contribution in [0.5, 0.6) is 0 Å². The smallest absolute Gasteiger partial charge is 0.130 e. The molecule has 3 heteroatoms. The third-order valence-electron chi connectivity index (χ3n) is 5.57. The summed E-state index contributed by atoms with van der Waals surface area (Å²) in [5, 5.41) is 0. The van der Waals surface area contributed by atoms with Crippen LogP contribution in [0.2, 0.25) is 0 Å². The van der Waals surface area contributed by atoms with E-state index in [2.05, 4.69) is 15.9 Å². The van der Waals surface area contributed by atoms with Crippen LogP contribution in [0.3, 0.4) is 0 Å². The average molecular weight is 357 g/mol. The fraction of sp³-hybridized carbons (Fsp3) is 0.667. The highest BCUT2D eigenvalue weighted by Gasteiger charge is 2.35. The highest BCUT2D eigenvalue weighted by molar-refractivity contribution is 9.09. The molecule has 116 valence electrons. The predicted molar refractivity (Wildman–Crippen MR) is 85.6 cm³/mol. The maximum absolute atomic E-state index is 14.1. The Morgan fingerprint density at radius 1 is 1.00 bits per heavy atom. The standard InChI is InChI=1S/C18H23BrF2/c1-11-8-15(17(21)10-16(11)20)18(19)14-7-6-12-4-2-3-5-13(12)9-14/h8,10,12-14,18H,2-7,9H2,1H3. The highest BCUT2D eigenvalue weighted by Crippen LogP contribution is 2.48. The maximum Gasteiger partial charge on any atom is 0.130 e. The Kier molecular flexibility index (Phi) is 4.68. The molecule has 21 heavy (non-hydrogen) atoms. The summed E-state index contributed by atoms with van der Waals surface area (Å²) in [6.07, 6.45) is 9.09. The molecule has 0 radical (unpaired) electrons. The Morgan fingerprint density at radius 3 is 2.48 bits per heavy atom. The molecule has 0 aliphatic heterocycles. The minimum atomic E-state index is -0.452. The Hall–Kier alpha value is -0.440. The fourth-order valence-electron chi connectivity index (χ4n) is 4.32. The molecule has 2 saturated carbocycles. The average Bonchev–Trinajstić information content (AvgIpc) is 2.50. The number of rotatable bonds is 2. The van der Waals surface area contributed by atoms with Crippen molar-refractivity contribution in [2.75, 3.05) is 0 Å². The molecular formula is C18H23BrF2. The number of alkyl halides is 1. The SMILES string of the molecule is Cc1cc(C(Br)C2CCC3CCCCC3C2)c(F)cc1F. The lowest BCUT2D eigenvalue weighted by atomic mass is 9.66. The zero-order valence-electron chi connectivity index (χ0n) is 12.5. The lowest BCUT2D eigenvalue weighted by Crippen LogP contribution is -2.29. The van der Waals surface area contributed by atoms with Crippen molar-refractivity contribution in [3.05, 3.63) is 34.9 Å². The van der Waals surface area contributed by atoms with Crippen molar-refractivity contribution in [1.82, 2.24) is 0 Å². The Bertz CT molecular complexity index is 514. The van der Waals surface area contributed by atoms with Crippen LogP contribution in [0.1, 0.15) is 60.9 Å². The quantitative estimate of drug-likeness (QED) is 0.544. The Balaban J connectivity index is 1.76. The molecule has 0 saturated heterocycles. The third-order valence-corrected chi connectivity index (χ3v) is 6.81. The number of aryl methyl sites for hydroxylation is 1. The van der Waals surface area contributed by atoms with Crippen molar-refractivity contribution in [3.63, 3.8) is 0 Å². The molecule has 0 amide bonds. The third kappa shape index (κ3) is 3.18. The minimum Gasteiger partial charge on any atom is -0.207 e. The molecule has 0 spiro atoms. The molecule has 0 aromatic heterocycles. The minimum absolute atomic E-state index is 0.0136. The first-order valence-corrected chi connectivity index (χ1v) is 9.07. The van der Waals surface area contributed by atoms with Gasteiger partial charge in [0, 0.05) is 16.5 Å². The lowest BCUT2D eigenvalue weighted by molar-refractivity contribution is 0.129. The van der Waals surface area contributed by atoms with Crippen LogP contribution in [0.15, 0.2) is 12.1 Å². The first kappa shape index (κ1) is 15.5. The van der Waals surface area contributed by atoms with Gasteiger partial charge in [-0.05, 0) is 55.6 Å². The van der Waals surface area contributed by atoms with Crippen LogP contribution in [-0.4, -0.2) is 0 Å². The van der Waals surface area contributed by atoms with Crippen LogP contribution >= 0.6 is 15.9 Å². The summed E-state index contributed by atoms with van der Waals surface area (Å²) in [6.45, 7) is 1.70. The zero-order chi connectivity index (χ0) is 15.0. The van der Waals surface area contributed by atoms with E-state index in [0.29, 0.717) is 17.0 Å². The Morgan fingerprint density at radius 2 is 1.71 bits per heavy atom. The topological polar surface area (TPSA) is 0 Å². The van der Waals surface area contributed by atoms with Gasteiger partial charge >= 0.3 is 0 Å². The van der Waals surface area contributed by atoms with Crippen molar-refractivity contribution in [2.24, 2.45) is 17.8 Å². The summed E-state index contributed by atoms with van der Waals surface area (Å²) >= 11 is 3.71. The van der Waals surface area contributed by atoms with Gasteiger partial charge in [-0.25, -0.2) is 8.78 Å². The van der Waals surface area contributed by atoms with Crippen LogP contribution in [0, 0.1) is 36.3 Å². The van der Waals surface area contributed by atoms with Gasteiger partial charge in [-0.15, -0.1) is 0 Å². The monoisotopic (exact) mass is 356 g/mol. The second-order valence-corrected chi connectivity index (χ2v) is 7.89. The van der Waals surface area contributed by atoms with Gasteiger partial charge in [0.25, 0.3) is 0 Å². The maximum atomic E-state index is 14.1. The number of hydrogen-bond acceptors (Lipinski definition) is 0. The molecule has 0 bridgehead atoms. The summed E-state index contributed by atoms with van der Waals surface area (Å²) in [6, 6.07) is 2.71. The second-order valence-electron chi connectivity index (χ2n) is 6.90. The number of hydrogen-bond donors (Lipinski definition) is 0. The van der Waals surface area contributed by atoms with Crippen LogP contribution in [-0.2, 0) is 0 Å². The van der Waals surface area contributed by atoms with E-state index in [1.807, 2.05) is 0 Å². The molecule has 2 aliphatic rings. The second kappa shape index (κ2) is 6.36. The molecule has 1 aromatic carbocycles. The first-order valence-electron chi connectivity index (χ1n) is 8.16. The molecular weight excluding hydrogens is 334 g/mol. The van der Waals surface area contributed by atoms with E-state index >= 15 is 0 Å². The molecule has 2 fully saturated rings. The first-order chi connectivity index (χ1) is 10.1. The molecule has 0 heterocycles. The number of fused-ring (bicyclic) bond motifs is 1. The molecule has 2 aliphatic carbocycles. The zero-order valence-corrected chi connectivity index (χ0v) is 14.1. The van der Waals surface area contributed by atoms with E-state index in [-0.39, 0.29) is 4.83 Å². The van der Waals surface area contributed by atoms with Gasteiger partial charge in [0.1, 0.15) is 11.6 Å². The molecule has 3 rings (SSSR count). The highest BCUT2D eigenvalue weighted by atomic mass is 79.9. The molecule has 1 aromatic rings. The fourth-order valence-corrected chi connectivity index (χ4v) is 5.15. The van der Waals surface area contributed by atoms with Gasteiger partial charge in [-0.1, -0.05) is 41.6 Å². The van der Waals surface area contributed by atoms with Crippen LogP contribution < -0.4 is 0 Å². The van der Waals surface area contributed by atoms with Crippen molar-refractivity contribution >= 4 is 15.9 Å². The number of benzene rings is 1. The van der Waals surface area contributed by atoms with E-state index in [1.165, 1.54) is 38.5 Å². The largest absolute Gasteiger partial charge is 0.207 e. The molecule has 4 atom stereocenters. The summed E-state index contributed by atoms with van der Waals surface area (Å²) < 4.78 is 27.5. The van der Waals surface area contributed by atoms with E-state index in [4.69, 9.17) is 0 Å². The Labute approximate surface area is 134 Å². The predicted octanol–water partition coefficient (Wildman–Crippen LogP) is 6.32. The van der Waals surface area contributed by atoms with Gasteiger partial charge in [0.05, 0.1) is 0 Å². The van der Waals surface area contributed by atoms with E-state index in [9.17, 15) is 8.78 Å². The summed E-state index contributed by atoms with van der Waals surface area (Å²) in [4.78, 5) is 0.0136. The van der Waals surface area contributed by atoms with E-state index < -0.39 is 11.6 Å². The van der Waals surface area contributed by atoms with Gasteiger partial charge in [-0.2, -0.15) is 0 Å². The van der Waals surface area contributed by atoms with Crippen molar-refractivity contribution < 1.29 is 8.78 Å². The van der Waals surface area contributed by atoms with Gasteiger partial charge in [0.15, 0.2) is 0 Å². The molecule has 4 unspecified atom stereocenters. The van der Waals surface area contributed by atoms with Crippen molar-refractivity contribution in [1.29, 1.82) is 0 Å². The number of halogens is 3. The normalized spacial score (nSPS) is 30.8. The van der Waals surface area contributed by atoms with E-state index in [1.54, 1.807) is 13.0 Å². The molecule has 0 N–H and O–H groups in total. The van der Waals surface area contributed by atoms with Gasteiger partial charge in [0.2, 0.25) is 0 Å². The van der Waals surface area contributed by atoms with Crippen LogP contribution in [0.4, 0.5) is 8.78 Å². The molecule has 0 nitrogen and oxygen atoms in total. The van der Waals surface area contributed by atoms with Crippen molar-refractivity contribution in [3.8, 4) is 0 Å². The van der Waals surface area contributed by atoms with E-state index in [0.717, 1.165) is 24.3 Å². The van der Waals surface area contributed by atoms with Crippen molar-refractivity contribution in [2.45, 2.75) is 56.7 Å². The lowest BCUT2D eigenvalue weighted by Gasteiger charge is -2.41. The van der Waals surface area contributed by atoms with Gasteiger partial charge in [-0.3, -0.25) is 0 Å². The summed E-state index contributed by atoms with van der Waals surface area (Å²) in [5.41, 5.74) is 1.16. The summed E-state index contributed by atoms with van der Waals surface area (Å²) in [7, 11) is 0. The summed E-state index contributed by atoms with van der Waals surface area (Å²) in [5.74, 6) is 1.33.